The molecule has 0 bridgehead atoms. The molecule has 20 heavy (non-hydrogen) atoms. The van der Waals surface area contributed by atoms with Crippen LogP contribution in [0.4, 0.5) is 0 Å². The van der Waals surface area contributed by atoms with Gasteiger partial charge in [-0.1, -0.05) is 6.92 Å². The van der Waals surface area contributed by atoms with E-state index in [1.54, 1.807) is 7.11 Å². The van der Waals surface area contributed by atoms with Gasteiger partial charge in [0, 0.05) is 24.9 Å². The first-order valence-corrected chi connectivity index (χ1v) is 7.84. The van der Waals surface area contributed by atoms with Crippen molar-refractivity contribution in [2.45, 2.75) is 39.2 Å². The van der Waals surface area contributed by atoms with Crippen LogP contribution >= 0.6 is 11.6 Å². The molecule has 1 heterocycles. The predicted molar refractivity (Wildman–Crippen MR) is 82.7 cm³/mol. The van der Waals surface area contributed by atoms with Gasteiger partial charge in [-0.15, -0.1) is 11.6 Å². The van der Waals surface area contributed by atoms with Gasteiger partial charge in [0.15, 0.2) is 0 Å². The maximum Gasteiger partial charge on any atom is 0.121 e. The first-order chi connectivity index (χ1) is 9.71. The van der Waals surface area contributed by atoms with Crippen LogP contribution in [0.1, 0.15) is 32.0 Å². The fourth-order valence-corrected chi connectivity index (χ4v) is 3.04. The molecule has 1 aliphatic rings. The molecule has 0 unspecified atom stereocenters. The number of rotatable bonds is 6. The molecule has 3 rings (SSSR count). The van der Waals surface area contributed by atoms with E-state index in [2.05, 4.69) is 17.6 Å². The van der Waals surface area contributed by atoms with Crippen molar-refractivity contribution in [1.82, 2.24) is 9.55 Å². The second-order valence-corrected chi connectivity index (χ2v) is 6.14. The van der Waals surface area contributed by atoms with E-state index in [-0.39, 0.29) is 0 Å². The number of ether oxygens (including phenoxy) is 1. The lowest BCUT2D eigenvalue weighted by molar-refractivity contribution is 0.405. The number of fused-ring (bicyclic) bond motifs is 1. The summed E-state index contributed by atoms with van der Waals surface area (Å²) in [5.74, 6) is 2.60. The van der Waals surface area contributed by atoms with Crippen LogP contribution in [-0.2, 0) is 13.0 Å². The Morgan fingerprint density at radius 1 is 1.40 bits per heavy atom. The minimum absolute atomic E-state index is 0.484. The van der Waals surface area contributed by atoms with E-state index in [0.29, 0.717) is 11.3 Å². The highest BCUT2D eigenvalue weighted by Gasteiger charge is 2.41. The van der Waals surface area contributed by atoms with Gasteiger partial charge in [-0.05, 0) is 36.8 Å². The monoisotopic (exact) mass is 292 g/mol. The third-order valence-corrected chi connectivity index (χ3v) is 4.74. The van der Waals surface area contributed by atoms with Gasteiger partial charge in [0.2, 0.25) is 0 Å². The van der Waals surface area contributed by atoms with Gasteiger partial charge in [0.25, 0.3) is 0 Å². The van der Waals surface area contributed by atoms with Crippen molar-refractivity contribution >= 4 is 22.6 Å². The summed E-state index contributed by atoms with van der Waals surface area (Å²) >= 11 is 5.94. The van der Waals surface area contributed by atoms with E-state index in [1.807, 2.05) is 12.1 Å². The van der Waals surface area contributed by atoms with Crippen LogP contribution in [0.15, 0.2) is 18.2 Å². The summed E-state index contributed by atoms with van der Waals surface area (Å²) in [6.45, 7) is 3.34. The second kappa shape index (κ2) is 5.28. The van der Waals surface area contributed by atoms with Crippen molar-refractivity contribution in [2.75, 3.05) is 13.0 Å². The van der Waals surface area contributed by atoms with Crippen LogP contribution in [0.5, 0.6) is 5.75 Å². The molecule has 3 nitrogen and oxygen atoms in total. The molecular formula is C16H21ClN2O. The lowest BCUT2D eigenvalue weighted by atomic mass is 10.0. The Hall–Kier alpha value is -1.22. The molecule has 108 valence electrons. The van der Waals surface area contributed by atoms with Crippen LogP contribution < -0.4 is 4.74 Å². The molecule has 1 aromatic carbocycles. The Morgan fingerprint density at radius 3 is 2.80 bits per heavy atom. The second-order valence-electron chi connectivity index (χ2n) is 5.76. The maximum atomic E-state index is 5.94. The van der Waals surface area contributed by atoms with Crippen molar-refractivity contribution in [3.8, 4) is 5.75 Å². The molecule has 4 heteroatoms. The molecule has 0 radical (unpaired) electrons. The topological polar surface area (TPSA) is 27.1 Å². The Morgan fingerprint density at radius 2 is 2.20 bits per heavy atom. The number of aryl methyl sites for hydroxylation is 1. The maximum absolute atomic E-state index is 5.94. The summed E-state index contributed by atoms with van der Waals surface area (Å²) in [6, 6.07) is 6.09. The lowest BCUT2D eigenvalue weighted by Crippen LogP contribution is -2.14. The molecule has 0 spiro atoms. The average Bonchev–Trinajstić information content (AvgIpc) is 3.18. The summed E-state index contributed by atoms with van der Waals surface area (Å²) in [4.78, 5) is 4.75. The number of benzene rings is 1. The van der Waals surface area contributed by atoms with E-state index in [1.165, 1.54) is 24.8 Å². The third kappa shape index (κ3) is 2.39. The molecular weight excluding hydrogens is 272 g/mol. The van der Waals surface area contributed by atoms with Gasteiger partial charge < -0.3 is 9.30 Å². The number of nitrogens with zero attached hydrogens (tertiary/aromatic N) is 2. The molecule has 1 aliphatic carbocycles. The minimum Gasteiger partial charge on any atom is -0.497 e. The predicted octanol–water partition coefficient (Wildman–Crippen LogP) is 4.02. The van der Waals surface area contributed by atoms with Crippen LogP contribution in [0.2, 0.25) is 0 Å². The Bertz CT molecular complexity index is 616. The van der Waals surface area contributed by atoms with Crippen molar-refractivity contribution in [3.05, 3.63) is 24.0 Å². The molecule has 0 saturated heterocycles. The van der Waals surface area contributed by atoms with E-state index in [4.69, 9.17) is 21.3 Å². The average molecular weight is 293 g/mol. The summed E-state index contributed by atoms with van der Waals surface area (Å²) in [6.07, 6.45) is 4.70. The zero-order chi connectivity index (χ0) is 14.2. The number of hydrogen-bond donors (Lipinski definition) is 0. The van der Waals surface area contributed by atoms with Crippen molar-refractivity contribution in [3.63, 3.8) is 0 Å². The van der Waals surface area contributed by atoms with Crippen molar-refractivity contribution in [2.24, 2.45) is 5.41 Å². The number of hydrogen-bond acceptors (Lipinski definition) is 2. The fourth-order valence-electron chi connectivity index (χ4n) is 2.87. The third-order valence-electron chi connectivity index (χ3n) is 4.55. The molecule has 0 amide bonds. The SMILES string of the molecule is CCC1(Cn2c(CCCl)nc3ccc(OC)cc32)CC1. The molecule has 0 N–H and O–H groups in total. The number of aromatic nitrogens is 2. The normalized spacial score (nSPS) is 16.6. The molecule has 2 aromatic rings. The van der Waals surface area contributed by atoms with Crippen LogP contribution in [0, 0.1) is 5.41 Å². The van der Waals surface area contributed by atoms with Crippen molar-refractivity contribution < 1.29 is 4.74 Å². The van der Waals surface area contributed by atoms with Crippen LogP contribution in [0.3, 0.4) is 0 Å². The highest BCUT2D eigenvalue weighted by molar-refractivity contribution is 6.17. The molecule has 0 atom stereocenters. The van der Waals surface area contributed by atoms with Gasteiger partial charge in [-0.25, -0.2) is 4.98 Å². The quantitative estimate of drug-likeness (QED) is 0.752. The largest absolute Gasteiger partial charge is 0.497 e. The van der Waals surface area contributed by atoms with Gasteiger partial charge in [-0.2, -0.15) is 0 Å². The Labute approximate surface area is 124 Å². The zero-order valence-electron chi connectivity index (χ0n) is 12.2. The standard InChI is InChI=1S/C16H21ClN2O/c1-3-16(7-8-16)11-19-14-10-12(20-2)4-5-13(14)18-15(19)6-9-17/h4-5,10H,3,6-9,11H2,1-2H3. The van der Waals surface area contributed by atoms with Gasteiger partial charge in [0.1, 0.15) is 11.6 Å². The van der Waals surface area contributed by atoms with Gasteiger partial charge in [-0.3, -0.25) is 0 Å². The summed E-state index contributed by atoms with van der Waals surface area (Å²) in [5.41, 5.74) is 2.69. The number of alkyl halides is 1. The van der Waals surface area contributed by atoms with E-state index in [9.17, 15) is 0 Å². The summed E-state index contributed by atoms with van der Waals surface area (Å²) < 4.78 is 7.71. The lowest BCUT2D eigenvalue weighted by Gasteiger charge is -2.16. The van der Waals surface area contributed by atoms with Crippen molar-refractivity contribution in [1.29, 1.82) is 0 Å². The molecule has 1 aromatic heterocycles. The molecule has 1 fully saturated rings. The smallest absolute Gasteiger partial charge is 0.121 e. The zero-order valence-corrected chi connectivity index (χ0v) is 12.9. The molecule has 1 saturated carbocycles. The number of imidazole rings is 1. The molecule has 0 aliphatic heterocycles. The minimum atomic E-state index is 0.484. The number of halogens is 1. The highest BCUT2D eigenvalue weighted by Crippen LogP contribution is 2.50. The summed E-state index contributed by atoms with van der Waals surface area (Å²) in [7, 11) is 1.70. The number of methoxy groups -OCH3 is 1. The van der Waals surface area contributed by atoms with E-state index >= 15 is 0 Å². The highest BCUT2D eigenvalue weighted by atomic mass is 35.5. The fraction of sp³-hybridized carbons (Fsp3) is 0.562. The van der Waals surface area contributed by atoms with Gasteiger partial charge >= 0.3 is 0 Å². The Balaban J connectivity index is 2.06. The van der Waals surface area contributed by atoms with E-state index in [0.717, 1.165) is 30.1 Å². The van der Waals surface area contributed by atoms with Gasteiger partial charge in [0.05, 0.1) is 18.1 Å². The summed E-state index contributed by atoms with van der Waals surface area (Å²) in [5, 5.41) is 0. The van der Waals surface area contributed by atoms with E-state index < -0.39 is 0 Å². The first-order valence-electron chi connectivity index (χ1n) is 7.30. The Kier molecular flexibility index (Phi) is 3.63. The van der Waals surface area contributed by atoms with Crippen LogP contribution in [-0.4, -0.2) is 22.5 Å². The first kappa shape index (κ1) is 13.7. The van der Waals surface area contributed by atoms with Crippen LogP contribution in [0.25, 0.3) is 11.0 Å².